The molecule has 1 unspecified atom stereocenters. The molecule has 1 aromatic rings. The van der Waals surface area contributed by atoms with Crippen molar-refractivity contribution in [3.05, 3.63) is 35.9 Å². The van der Waals surface area contributed by atoms with Crippen molar-refractivity contribution < 1.29 is 13.9 Å². The molecule has 0 fully saturated rings. The topological polar surface area (TPSA) is 62.1 Å². The highest BCUT2D eigenvalue weighted by Gasteiger charge is 2.26. The summed E-state index contributed by atoms with van der Waals surface area (Å²) in [5.41, 5.74) is -0.236. The smallest absolute Gasteiger partial charge is 0.408 e. The van der Waals surface area contributed by atoms with E-state index in [0.717, 1.165) is 5.56 Å². The van der Waals surface area contributed by atoms with Crippen LogP contribution >= 0.6 is 0 Å². The largest absolute Gasteiger partial charge is 0.445 e. The van der Waals surface area contributed by atoms with Gasteiger partial charge in [0.05, 0.1) is 12.7 Å². The lowest BCUT2D eigenvalue weighted by molar-refractivity contribution is 0.131. The third-order valence-corrected chi connectivity index (χ3v) is 2.65. The van der Waals surface area contributed by atoms with E-state index in [1.807, 2.05) is 36.4 Å². The minimum absolute atomic E-state index is 0.136. The maximum atomic E-state index is 12.1. The molecule has 19 heavy (non-hydrogen) atoms. The van der Waals surface area contributed by atoms with E-state index in [0.29, 0.717) is 0 Å². The Hall–Kier alpha value is -2.09. The van der Waals surface area contributed by atoms with Gasteiger partial charge >= 0.3 is 6.09 Å². The Morgan fingerprint density at radius 3 is 2.74 bits per heavy atom. The van der Waals surface area contributed by atoms with Crippen LogP contribution in [0.2, 0.25) is 0 Å². The highest BCUT2D eigenvalue weighted by atomic mass is 19.1. The quantitative estimate of drug-likeness (QED) is 0.859. The zero-order chi connectivity index (χ0) is 14.1. The fourth-order valence-electron chi connectivity index (χ4n) is 1.55. The average Bonchev–Trinajstić information content (AvgIpc) is 2.44. The summed E-state index contributed by atoms with van der Waals surface area (Å²) in [7, 11) is 0. The van der Waals surface area contributed by atoms with E-state index < -0.39 is 18.3 Å². The fourth-order valence-corrected chi connectivity index (χ4v) is 1.55. The highest BCUT2D eigenvalue weighted by molar-refractivity contribution is 5.68. The number of nitriles is 1. The number of alkyl carbamates (subject to hydrolysis) is 1. The fraction of sp³-hybridized carbons (Fsp3) is 0.429. The number of ether oxygens (including phenoxy) is 1. The zero-order valence-corrected chi connectivity index (χ0v) is 10.9. The van der Waals surface area contributed by atoms with Gasteiger partial charge in [0.2, 0.25) is 0 Å². The summed E-state index contributed by atoms with van der Waals surface area (Å²) in [5.74, 6) is 0. The molecule has 0 saturated carbocycles. The third-order valence-electron chi connectivity index (χ3n) is 2.65. The van der Waals surface area contributed by atoms with E-state index in [2.05, 4.69) is 5.32 Å². The molecule has 1 rings (SSSR count). The molecule has 4 nitrogen and oxygen atoms in total. The summed E-state index contributed by atoms with van der Waals surface area (Å²) in [5, 5.41) is 11.5. The Balaban J connectivity index is 2.43. The number of carbonyl (C=O) groups is 1. The molecule has 1 N–H and O–H groups in total. The van der Waals surface area contributed by atoms with Gasteiger partial charge in [-0.25, -0.2) is 4.79 Å². The predicted octanol–water partition coefficient (Wildman–Crippen LogP) is 2.94. The molecule has 0 bridgehead atoms. The molecular weight excluding hydrogens is 247 g/mol. The molecule has 0 radical (unpaired) electrons. The van der Waals surface area contributed by atoms with Gasteiger partial charge in [0, 0.05) is 0 Å². The number of halogens is 1. The van der Waals surface area contributed by atoms with E-state index in [4.69, 9.17) is 10.00 Å². The van der Waals surface area contributed by atoms with Crippen LogP contribution in [0.4, 0.5) is 9.18 Å². The molecule has 5 heteroatoms. The first-order valence-corrected chi connectivity index (χ1v) is 6.06. The van der Waals surface area contributed by atoms with Gasteiger partial charge in [-0.1, -0.05) is 30.3 Å². The molecule has 0 aliphatic carbocycles. The molecule has 102 valence electrons. The van der Waals surface area contributed by atoms with Crippen molar-refractivity contribution in [1.29, 1.82) is 5.26 Å². The Kier molecular flexibility index (Phi) is 5.80. The molecule has 0 saturated heterocycles. The lowest BCUT2D eigenvalue weighted by Crippen LogP contribution is -2.45. The van der Waals surface area contributed by atoms with Crippen molar-refractivity contribution in [3.8, 4) is 6.07 Å². The molecule has 1 atom stereocenters. The van der Waals surface area contributed by atoms with Crippen molar-refractivity contribution in [2.45, 2.75) is 31.9 Å². The Bertz CT molecular complexity index is 445. The maximum Gasteiger partial charge on any atom is 0.408 e. The summed E-state index contributed by atoms with van der Waals surface area (Å²) in [6.45, 7) is 1.17. The first-order chi connectivity index (χ1) is 9.09. The van der Waals surface area contributed by atoms with Gasteiger partial charge in [-0.2, -0.15) is 5.26 Å². The molecular formula is C14H17FN2O2. The summed E-state index contributed by atoms with van der Waals surface area (Å²) >= 11 is 0. The van der Waals surface area contributed by atoms with Crippen LogP contribution in [-0.2, 0) is 11.3 Å². The number of hydrogen-bond acceptors (Lipinski definition) is 3. The van der Waals surface area contributed by atoms with Crippen LogP contribution in [0.3, 0.4) is 0 Å². The zero-order valence-electron chi connectivity index (χ0n) is 10.9. The van der Waals surface area contributed by atoms with Crippen molar-refractivity contribution in [1.82, 2.24) is 5.32 Å². The van der Waals surface area contributed by atoms with Gasteiger partial charge in [-0.3, -0.25) is 4.39 Å². The van der Waals surface area contributed by atoms with Crippen molar-refractivity contribution in [2.24, 2.45) is 0 Å². The molecule has 1 aromatic carbocycles. The van der Waals surface area contributed by atoms with E-state index in [1.165, 1.54) is 0 Å². The number of hydrogen-bond donors (Lipinski definition) is 1. The summed E-state index contributed by atoms with van der Waals surface area (Å²) in [6, 6.07) is 11.2. The second-order valence-electron chi connectivity index (χ2n) is 4.42. The average molecular weight is 264 g/mol. The number of benzene rings is 1. The van der Waals surface area contributed by atoms with Crippen molar-refractivity contribution >= 4 is 6.09 Å². The van der Waals surface area contributed by atoms with Crippen molar-refractivity contribution in [2.75, 3.05) is 6.67 Å². The van der Waals surface area contributed by atoms with Crippen LogP contribution in [0.1, 0.15) is 25.3 Å². The summed E-state index contributed by atoms with van der Waals surface area (Å²) in [6.07, 6.45) is -0.199. The van der Waals surface area contributed by atoms with Crippen LogP contribution in [0, 0.1) is 11.3 Å². The minimum atomic E-state index is -1.10. The number of amides is 1. The van der Waals surface area contributed by atoms with Gasteiger partial charge in [0.25, 0.3) is 0 Å². The van der Waals surface area contributed by atoms with Crippen LogP contribution in [0.5, 0.6) is 0 Å². The number of nitrogens with one attached hydrogen (secondary N) is 1. The first kappa shape index (κ1) is 15.0. The second kappa shape index (κ2) is 7.37. The van der Waals surface area contributed by atoms with E-state index >= 15 is 0 Å². The molecule has 0 spiro atoms. The van der Waals surface area contributed by atoms with Crippen LogP contribution < -0.4 is 5.32 Å². The third kappa shape index (κ3) is 5.38. The number of rotatable bonds is 6. The maximum absolute atomic E-state index is 12.1. The van der Waals surface area contributed by atoms with Gasteiger partial charge in [-0.15, -0.1) is 0 Å². The van der Waals surface area contributed by atoms with E-state index in [9.17, 15) is 9.18 Å². The summed E-state index contributed by atoms with van der Waals surface area (Å²) in [4.78, 5) is 11.6. The Morgan fingerprint density at radius 2 is 2.16 bits per heavy atom. The number of alkyl halides is 1. The molecule has 1 amide bonds. The molecule has 0 aliphatic heterocycles. The molecule has 0 aromatic heterocycles. The lowest BCUT2D eigenvalue weighted by Gasteiger charge is -2.22. The summed E-state index contributed by atoms with van der Waals surface area (Å²) < 4.78 is 17.1. The van der Waals surface area contributed by atoms with Crippen molar-refractivity contribution in [3.63, 3.8) is 0 Å². The van der Waals surface area contributed by atoms with Gasteiger partial charge < -0.3 is 10.1 Å². The van der Waals surface area contributed by atoms with Crippen LogP contribution in [0.25, 0.3) is 0 Å². The standard InChI is InChI=1S/C14H17FN2O2/c1-14(11-16,8-5-9-15)17-13(18)19-10-12-6-3-2-4-7-12/h2-4,6-7H,5,8-10H2,1H3,(H,17,18). The highest BCUT2D eigenvalue weighted by Crippen LogP contribution is 2.12. The SMILES string of the molecule is CC(C#N)(CCCF)NC(=O)OCc1ccccc1. The van der Waals surface area contributed by atoms with Crippen LogP contribution in [0.15, 0.2) is 30.3 Å². The van der Waals surface area contributed by atoms with Gasteiger partial charge in [-0.05, 0) is 25.3 Å². The first-order valence-electron chi connectivity index (χ1n) is 6.06. The molecule has 0 heterocycles. The van der Waals surface area contributed by atoms with Crippen LogP contribution in [-0.4, -0.2) is 18.3 Å². The van der Waals surface area contributed by atoms with E-state index in [-0.39, 0.29) is 19.4 Å². The normalized spacial score (nSPS) is 13.1. The Morgan fingerprint density at radius 1 is 1.47 bits per heavy atom. The Labute approximate surface area is 112 Å². The monoisotopic (exact) mass is 264 g/mol. The minimum Gasteiger partial charge on any atom is -0.445 e. The molecule has 0 aliphatic rings. The van der Waals surface area contributed by atoms with Gasteiger partial charge in [0.1, 0.15) is 12.1 Å². The lowest BCUT2D eigenvalue weighted by atomic mass is 9.98. The van der Waals surface area contributed by atoms with Gasteiger partial charge in [0.15, 0.2) is 0 Å². The second-order valence-corrected chi connectivity index (χ2v) is 4.42. The number of nitrogens with zero attached hydrogens (tertiary/aromatic N) is 1. The van der Waals surface area contributed by atoms with E-state index in [1.54, 1.807) is 6.92 Å². The predicted molar refractivity (Wildman–Crippen MR) is 69.0 cm³/mol. The number of carbonyl (C=O) groups excluding carboxylic acids is 1.